The van der Waals surface area contributed by atoms with Gasteiger partial charge in [-0.25, -0.2) is 9.97 Å². The van der Waals surface area contributed by atoms with Crippen molar-refractivity contribution in [2.24, 2.45) is 0 Å². The Kier molecular flexibility index (Phi) is 32.5. The van der Waals surface area contributed by atoms with Crippen LogP contribution in [0.3, 0.4) is 0 Å². The van der Waals surface area contributed by atoms with E-state index in [1.54, 1.807) is 14.2 Å². The van der Waals surface area contributed by atoms with Gasteiger partial charge in [-0.15, -0.1) is 0 Å². The van der Waals surface area contributed by atoms with Crippen molar-refractivity contribution in [2.45, 2.75) is 50.7 Å². The lowest BCUT2D eigenvalue weighted by Gasteiger charge is -2.45. The summed E-state index contributed by atoms with van der Waals surface area (Å²) in [5.74, 6) is 0.159. The van der Waals surface area contributed by atoms with Crippen LogP contribution >= 0.6 is 11.6 Å². The van der Waals surface area contributed by atoms with Crippen LogP contribution in [0.2, 0.25) is 5.15 Å². The molecular weight excluding hydrogens is 989 g/mol. The van der Waals surface area contributed by atoms with Crippen LogP contribution in [-0.4, -0.2) is 194 Å². The van der Waals surface area contributed by atoms with Gasteiger partial charge in [0.1, 0.15) is 11.5 Å². The first-order chi connectivity index (χ1) is 35.1. The number of carbonyl (C=O) groups excluding carboxylic acids is 4. The fourth-order valence-electron chi connectivity index (χ4n) is 7.26. The number of nitrogens with two attached hydrogens (primary N) is 2. The number of ether oxygens (including phenoxy) is 7. The molecule has 1 aromatic heterocycles. The van der Waals surface area contributed by atoms with Gasteiger partial charge in [-0.2, -0.15) is 13.2 Å². The fourth-order valence-corrected chi connectivity index (χ4v) is 7.39. The van der Waals surface area contributed by atoms with Crippen molar-refractivity contribution in [3.05, 3.63) is 70.5 Å². The van der Waals surface area contributed by atoms with E-state index < -0.39 is 18.4 Å². The molecule has 0 spiro atoms. The number of benzene rings is 2. The van der Waals surface area contributed by atoms with Crippen molar-refractivity contribution in [1.82, 2.24) is 25.9 Å². The van der Waals surface area contributed by atoms with Crippen molar-refractivity contribution in [2.75, 3.05) is 144 Å². The minimum absolute atomic E-state index is 0.0320. The van der Waals surface area contributed by atoms with Gasteiger partial charge in [0.25, 0.3) is 17.7 Å². The van der Waals surface area contributed by atoms with E-state index in [2.05, 4.69) is 30.7 Å². The van der Waals surface area contributed by atoms with E-state index in [9.17, 15) is 27.6 Å². The van der Waals surface area contributed by atoms with Gasteiger partial charge in [0.05, 0.1) is 98.3 Å². The van der Waals surface area contributed by atoms with Gasteiger partial charge in [0.15, 0.2) is 35.7 Å². The number of halogens is 4. The van der Waals surface area contributed by atoms with E-state index in [0.29, 0.717) is 64.2 Å². The van der Waals surface area contributed by atoms with Crippen molar-refractivity contribution >= 4 is 47.2 Å². The second-order valence-electron chi connectivity index (χ2n) is 16.4. The molecule has 73 heavy (non-hydrogen) atoms. The molecule has 21 nitrogen and oxygen atoms in total. The molecule has 0 bridgehead atoms. The normalized spacial score (nSPS) is 13.8. The van der Waals surface area contributed by atoms with Crippen LogP contribution < -0.4 is 36.9 Å². The number of alkyl halides is 3. The Morgan fingerprint density at radius 3 is 1.60 bits per heavy atom. The lowest BCUT2D eigenvalue weighted by Crippen LogP contribution is -2.60. The number of rotatable bonds is 32. The number of quaternary nitrogens is 1. The summed E-state index contributed by atoms with van der Waals surface area (Å²) in [5, 5.41) is 26.0. The number of aldehydes is 1. The number of nitrogens with zero attached hydrogens (tertiary/aromatic N) is 3. The van der Waals surface area contributed by atoms with Gasteiger partial charge < -0.3 is 75.3 Å². The molecule has 1 atom stereocenters. The molecule has 3 aromatic rings. The van der Waals surface area contributed by atoms with Gasteiger partial charge in [-0.05, 0) is 61.1 Å². The van der Waals surface area contributed by atoms with E-state index >= 15 is 0 Å². The van der Waals surface area contributed by atoms with Crippen LogP contribution in [0.4, 0.5) is 24.8 Å². The van der Waals surface area contributed by atoms with Gasteiger partial charge in [-0.1, -0.05) is 35.9 Å². The first-order valence-corrected chi connectivity index (χ1v) is 24.1. The molecule has 0 saturated carbocycles. The highest BCUT2D eigenvalue weighted by molar-refractivity contribution is 6.31. The summed E-state index contributed by atoms with van der Waals surface area (Å²) >= 11 is 6.08. The molecular formula is C48H73ClF3N8O13+. The Hall–Kier alpha value is -5.44. The Labute approximate surface area is 429 Å². The van der Waals surface area contributed by atoms with Crippen molar-refractivity contribution < 1.29 is 80.2 Å². The molecule has 1 unspecified atom stereocenters. The molecule has 1 aliphatic heterocycles. The summed E-state index contributed by atoms with van der Waals surface area (Å²) in [6.45, 7) is 6.70. The number of carbonyl (C=O) groups is 4. The third-order valence-electron chi connectivity index (χ3n) is 10.5. The molecule has 1 saturated heterocycles. The first kappa shape index (κ1) is 63.7. The number of hydrogen-bond acceptors (Lipinski definition) is 17. The van der Waals surface area contributed by atoms with Gasteiger partial charge in [0.2, 0.25) is 6.29 Å². The number of aryl methyl sites for hydroxylation is 2. The average molecular weight is 1060 g/mol. The number of aromatic nitrogens is 2. The number of nitrogens with one attached hydrogen (secondary N) is 3. The molecule has 410 valence electrons. The van der Waals surface area contributed by atoms with Crippen molar-refractivity contribution in [1.29, 1.82) is 0 Å². The lowest BCUT2D eigenvalue weighted by atomic mass is 9.99. The predicted octanol–water partition coefficient (Wildman–Crippen LogP) is 2.32. The fraction of sp³-hybridized carbons (Fsp3) is 0.583. The SMILES string of the molecule is COC.Nc1nc(N)c(C(=O)NC2CCC[N+](CCCc3ccc(OCC(=O)NCCOCCOCCO)cc3)(CCCc3ccc(OCC(=O)NCCOCCOCCO)cc3)C2)nc1Cl.O=CC(F)(F)F. The number of piperidine rings is 1. The number of nitrogen functional groups attached to an aromatic ring is 2. The highest BCUT2D eigenvalue weighted by Gasteiger charge is 2.36. The summed E-state index contributed by atoms with van der Waals surface area (Å²) < 4.78 is 68.8. The predicted molar refractivity (Wildman–Crippen MR) is 265 cm³/mol. The molecule has 2 aromatic carbocycles. The zero-order valence-electron chi connectivity index (χ0n) is 41.6. The van der Waals surface area contributed by atoms with E-state index in [4.69, 9.17) is 66.5 Å². The number of likely N-dealkylation sites (tertiary alicyclic amines) is 1. The maximum absolute atomic E-state index is 13.4. The molecule has 0 radical (unpaired) electrons. The number of anilines is 2. The smallest absolute Gasteiger partial charge is 0.446 e. The molecule has 25 heteroatoms. The highest BCUT2D eigenvalue weighted by Crippen LogP contribution is 2.25. The van der Waals surface area contributed by atoms with Crippen LogP contribution in [0, 0.1) is 0 Å². The summed E-state index contributed by atoms with van der Waals surface area (Å²) in [6, 6.07) is 15.4. The van der Waals surface area contributed by atoms with Crippen LogP contribution in [0.15, 0.2) is 48.5 Å². The molecule has 3 amide bonds. The summed E-state index contributed by atoms with van der Waals surface area (Å²) in [5.41, 5.74) is 14.0. The third kappa shape index (κ3) is 29.1. The molecule has 0 aliphatic carbocycles. The maximum atomic E-state index is 13.4. The Bertz CT molecular complexity index is 1930. The minimum Gasteiger partial charge on any atom is -0.484 e. The average Bonchev–Trinajstić information content (AvgIpc) is 3.36. The second kappa shape index (κ2) is 37.3. The first-order valence-electron chi connectivity index (χ1n) is 23.7. The summed E-state index contributed by atoms with van der Waals surface area (Å²) in [6.07, 6.45) is -0.454. The Morgan fingerprint density at radius 1 is 0.740 bits per heavy atom. The van der Waals surface area contributed by atoms with E-state index in [-0.39, 0.29) is 80.0 Å². The highest BCUT2D eigenvalue weighted by atomic mass is 35.5. The molecule has 4 rings (SSSR count). The van der Waals surface area contributed by atoms with Crippen LogP contribution in [-0.2, 0) is 50.9 Å². The van der Waals surface area contributed by atoms with Gasteiger partial charge >= 0.3 is 6.18 Å². The zero-order chi connectivity index (χ0) is 53.7. The quantitative estimate of drug-likeness (QED) is 0.0268. The van der Waals surface area contributed by atoms with Crippen LogP contribution in [0.5, 0.6) is 11.5 Å². The van der Waals surface area contributed by atoms with E-state index in [0.717, 1.165) is 80.3 Å². The third-order valence-corrected chi connectivity index (χ3v) is 10.8. The largest absolute Gasteiger partial charge is 0.484 e. The Morgan fingerprint density at radius 2 is 1.18 bits per heavy atom. The number of amides is 3. The molecule has 1 aliphatic rings. The topological polar surface area (TPSA) is 287 Å². The lowest BCUT2D eigenvalue weighted by molar-refractivity contribution is -0.933. The van der Waals surface area contributed by atoms with Crippen LogP contribution in [0.25, 0.3) is 0 Å². The molecule has 9 N–H and O–H groups in total. The van der Waals surface area contributed by atoms with Crippen molar-refractivity contribution in [3.63, 3.8) is 0 Å². The zero-order valence-corrected chi connectivity index (χ0v) is 42.4. The maximum Gasteiger partial charge on any atom is 0.446 e. The second-order valence-corrected chi connectivity index (χ2v) is 16.7. The number of aliphatic hydroxyl groups is 2. The standard InChI is InChI=1S/C44H65ClN8O11.C2HF3O.C2H6O/c45-41-43(47)52-42(46)40(51-41)44(58)50-35-6-3-19-53(30-35,17-1-4-33-7-11-36(12-8-33)63-31-38(56)48-15-22-59-26-28-61-24-20-54)18-2-5-34-9-13-37(14-10-34)64-32-39(57)49-16-23-60-27-29-62-25-21-55;3-2(4,5)1-6;1-3-2/h7-14,35,54-55H,1-6,15-32H2,(H6-,46,47,48,49,50,52,56,57,58);1H;1-2H3/p+1. The van der Waals surface area contributed by atoms with Gasteiger partial charge in [-0.3, -0.25) is 19.2 Å². The van der Waals surface area contributed by atoms with E-state index in [1.807, 2.05) is 48.5 Å². The number of aliphatic hydroxyl groups excluding tert-OH is 2. The Balaban J connectivity index is 0.00000186. The van der Waals surface area contributed by atoms with Crippen LogP contribution in [0.1, 0.15) is 47.3 Å². The number of hydrogen-bond donors (Lipinski definition) is 7. The number of methoxy groups -OCH3 is 1. The molecule has 2 heterocycles. The van der Waals surface area contributed by atoms with E-state index in [1.165, 1.54) is 0 Å². The monoisotopic (exact) mass is 1060 g/mol. The summed E-state index contributed by atoms with van der Waals surface area (Å²) in [4.78, 5) is 54.6. The molecule has 1 fully saturated rings. The summed E-state index contributed by atoms with van der Waals surface area (Å²) in [7, 11) is 3.25. The minimum atomic E-state index is -4.64. The van der Waals surface area contributed by atoms with Gasteiger partial charge in [0, 0.05) is 40.2 Å². The van der Waals surface area contributed by atoms with Crippen molar-refractivity contribution in [3.8, 4) is 11.5 Å².